The first-order valence-corrected chi connectivity index (χ1v) is 7.67. The van der Waals surface area contributed by atoms with Gasteiger partial charge in [-0.15, -0.1) is 0 Å². The number of rotatable bonds is 3. The number of hydrogen-bond donors (Lipinski definition) is 1. The van der Waals surface area contributed by atoms with Crippen molar-refractivity contribution < 1.29 is 10.3 Å². The summed E-state index contributed by atoms with van der Waals surface area (Å²) in [5, 5.41) is 3.72. The van der Waals surface area contributed by atoms with E-state index in [0.717, 1.165) is 11.1 Å². The minimum Gasteiger partial charge on any atom is -0.412 e. The first-order chi connectivity index (χ1) is 11.1. The Hall–Kier alpha value is -2.40. The maximum Gasteiger partial charge on any atom is 0.258 e. The Bertz CT molecular complexity index is 852. The molecular formula is C18H14Cl2N2O2. The average Bonchev–Trinajstić information content (AvgIpc) is 2.56. The van der Waals surface area contributed by atoms with Gasteiger partial charge in [-0.25, -0.2) is 4.98 Å². The lowest BCUT2D eigenvalue weighted by atomic mass is 10.0. The highest BCUT2D eigenvalue weighted by atomic mass is 35.5. The van der Waals surface area contributed by atoms with Gasteiger partial charge in [0.05, 0.1) is 5.56 Å². The van der Waals surface area contributed by atoms with Crippen LogP contribution in [-0.4, -0.2) is 16.4 Å². The number of pyridine rings is 1. The van der Waals surface area contributed by atoms with Gasteiger partial charge in [0.1, 0.15) is 5.15 Å². The van der Waals surface area contributed by atoms with Gasteiger partial charge in [-0.3, -0.25) is 4.79 Å². The lowest BCUT2D eigenvalue weighted by Crippen LogP contribution is -2.13. The third kappa shape index (κ3) is 3.92. The molecule has 0 unspecified atom stereocenters. The van der Waals surface area contributed by atoms with Crippen LogP contribution in [0.2, 0.25) is 10.2 Å². The molecule has 0 spiro atoms. The van der Waals surface area contributed by atoms with Gasteiger partial charge in [0.2, 0.25) is 0 Å². The monoisotopic (exact) mass is 360 g/mol. The molecule has 3 rings (SSSR count). The molecule has 0 aliphatic carbocycles. The van der Waals surface area contributed by atoms with E-state index in [2.05, 4.69) is 10.3 Å². The summed E-state index contributed by atoms with van der Waals surface area (Å²) in [5.74, 6) is -0.301. The van der Waals surface area contributed by atoms with E-state index in [0.29, 0.717) is 16.3 Å². The Balaban J connectivity index is 0.00000208. The SMILES string of the molecule is O.O=C(Nc1ccccc1-c1ccc(Cl)cc1)c1cccnc1Cl. The normalized spacial score (nSPS) is 9.92. The first kappa shape index (κ1) is 17.9. The van der Waals surface area contributed by atoms with Crippen LogP contribution < -0.4 is 5.32 Å². The Morgan fingerprint density at radius 3 is 2.33 bits per heavy atom. The number of nitrogens with one attached hydrogen (secondary N) is 1. The van der Waals surface area contributed by atoms with E-state index < -0.39 is 0 Å². The molecule has 6 heteroatoms. The van der Waals surface area contributed by atoms with E-state index in [1.807, 2.05) is 48.5 Å². The molecule has 2 aromatic carbocycles. The molecule has 1 heterocycles. The molecule has 3 aromatic rings. The number of anilines is 1. The molecule has 1 amide bonds. The number of hydrogen-bond acceptors (Lipinski definition) is 2. The molecule has 0 fully saturated rings. The molecule has 1 aromatic heterocycles. The fourth-order valence-electron chi connectivity index (χ4n) is 2.22. The minimum atomic E-state index is -0.301. The largest absolute Gasteiger partial charge is 0.412 e. The highest BCUT2D eigenvalue weighted by molar-refractivity contribution is 6.33. The maximum absolute atomic E-state index is 12.4. The number of para-hydroxylation sites is 1. The standard InChI is InChI=1S/C18H12Cl2N2O.H2O/c19-13-9-7-12(8-10-13)14-4-1-2-6-16(14)22-18(23)15-5-3-11-21-17(15)20;/h1-11H,(H,22,23);1H2. The highest BCUT2D eigenvalue weighted by Gasteiger charge is 2.13. The van der Waals surface area contributed by atoms with Crippen molar-refractivity contribution in [3.8, 4) is 11.1 Å². The lowest BCUT2D eigenvalue weighted by Gasteiger charge is -2.12. The van der Waals surface area contributed by atoms with E-state index in [4.69, 9.17) is 23.2 Å². The lowest BCUT2D eigenvalue weighted by molar-refractivity contribution is 0.102. The van der Waals surface area contributed by atoms with Gasteiger partial charge in [-0.1, -0.05) is 53.5 Å². The van der Waals surface area contributed by atoms with Crippen molar-refractivity contribution in [3.63, 3.8) is 0 Å². The van der Waals surface area contributed by atoms with Gasteiger partial charge in [-0.2, -0.15) is 0 Å². The number of halogens is 2. The van der Waals surface area contributed by atoms with Crippen molar-refractivity contribution in [1.82, 2.24) is 4.98 Å². The highest BCUT2D eigenvalue weighted by Crippen LogP contribution is 2.29. The summed E-state index contributed by atoms with van der Waals surface area (Å²) >= 11 is 11.9. The molecule has 0 radical (unpaired) electrons. The zero-order chi connectivity index (χ0) is 16.2. The molecule has 0 atom stereocenters. The second kappa shape index (κ2) is 7.93. The van der Waals surface area contributed by atoms with E-state index in [9.17, 15) is 4.79 Å². The summed E-state index contributed by atoms with van der Waals surface area (Å²) in [6, 6.07) is 18.3. The van der Waals surface area contributed by atoms with Gasteiger partial charge in [0, 0.05) is 22.5 Å². The maximum atomic E-state index is 12.4. The van der Waals surface area contributed by atoms with Crippen molar-refractivity contribution in [1.29, 1.82) is 0 Å². The summed E-state index contributed by atoms with van der Waals surface area (Å²) in [5.41, 5.74) is 2.89. The van der Waals surface area contributed by atoms with Crippen LogP contribution in [0.5, 0.6) is 0 Å². The number of carbonyl (C=O) groups is 1. The zero-order valence-corrected chi connectivity index (χ0v) is 14.0. The van der Waals surface area contributed by atoms with E-state index in [1.54, 1.807) is 18.3 Å². The van der Waals surface area contributed by atoms with Gasteiger partial charge >= 0.3 is 0 Å². The van der Waals surface area contributed by atoms with Gasteiger partial charge in [0.25, 0.3) is 5.91 Å². The topological polar surface area (TPSA) is 73.5 Å². The second-order valence-electron chi connectivity index (χ2n) is 4.85. The average molecular weight is 361 g/mol. The van der Waals surface area contributed by atoms with Crippen LogP contribution in [-0.2, 0) is 0 Å². The summed E-state index contributed by atoms with van der Waals surface area (Å²) in [7, 11) is 0. The third-order valence-electron chi connectivity index (χ3n) is 3.33. The van der Waals surface area contributed by atoms with E-state index in [-0.39, 0.29) is 16.5 Å². The molecular weight excluding hydrogens is 347 g/mol. The van der Waals surface area contributed by atoms with Crippen LogP contribution in [0.1, 0.15) is 10.4 Å². The fraction of sp³-hybridized carbons (Fsp3) is 0. The second-order valence-corrected chi connectivity index (χ2v) is 5.64. The van der Waals surface area contributed by atoms with Crippen LogP contribution in [0.25, 0.3) is 11.1 Å². The number of amides is 1. The molecule has 4 nitrogen and oxygen atoms in total. The van der Waals surface area contributed by atoms with E-state index in [1.165, 1.54) is 0 Å². The Morgan fingerprint density at radius 2 is 1.62 bits per heavy atom. The van der Waals surface area contributed by atoms with Crippen LogP contribution in [0.15, 0.2) is 66.9 Å². The van der Waals surface area contributed by atoms with Crippen LogP contribution >= 0.6 is 23.2 Å². The summed E-state index contributed by atoms with van der Waals surface area (Å²) in [6.07, 6.45) is 1.54. The van der Waals surface area contributed by atoms with Crippen LogP contribution in [0, 0.1) is 0 Å². The molecule has 0 bridgehead atoms. The van der Waals surface area contributed by atoms with Crippen LogP contribution in [0.3, 0.4) is 0 Å². The molecule has 0 saturated carbocycles. The van der Waals surface area contributed by atoms with Crippen molar-refractivity contribution >= 4 is 34.8 Å². The summed E-state index contributed by atoms with van der Waals surface area (Å²) in [4.78, 5) is 16.3. The molecule has 122 valence electrons. The van der Waals surface area contributed by atoms with Crippen molar-refractivity contribution in [2.45, 2.75) is 0 Å². The fourth-order valence-corrected chi connectivity index (χ4v) is 2.55. The zero-order valence-electron chi connectivity index (χ0n) is 12.5. The van der Waals surface area contributed by atoms with Crippen molar-refractivity contribution in [2.24, 2.45) is 0 Å². The number of carbonyl (C=O) groups excluding carboxylic acids is 1. The Morgan fingerprint density at radius 1 is 0.917 bits per heavy atom. The molecule has 24 heavy (non-hydrogen) atoms. The third-order valence-corrected chi connectivity index (χ3v) is 3.89. The Kier molecular flexibility index (Phi) is 5.93. The predicted molar refractivity (Wildman–Crippen MR) is 97.7 cm³/mol. The summed E-state index contributed by atoms with van der Waals surface area (Å²) in [6.45, 7) is 0. The van der Waals surface area contributed by atoms with Crippen LogP contribution in [0.4, 0.5) is 5.69 Å². The summed E-state index contributed by atoms with van der Waals surface area (Å²) < 4.78 is 0. The quantitative estimate of drug-likeness (QED) is 0.699. The van der Waals surface area contributed by atoms with Gasteiger partial charge in [-0.05, 0) is 35.9 Å². The van der Waals surface area contributed by atoms with Crippen molar-refractivity contribution in [3.05, 3.63) is 82.6 Å². The van der Waals surface area contributed by atoms with Crippen molar-refractivity contribution in [2.75, 3.05) is 5.32 Å². The number of aromatic nitrogens is 1. The van der Waals surface area contributed by atoms with E-state index >= 15 is 0 Å². The minimum absolute atomic E-state index is 0. The number of nitrogens with zero attached hydrogens (tertiary/aromatic N) is 1. The Labute approximate surface area is 149 Å². The molecule has 0 aliphatic rings. The van der Waals surface area contributed by atoms with Gasteiger partial charge < -0.3 is 10.8 Å². The molecule has 0 aliphatic heterocycles. The first-order valence-electron chi connectivity index (χ1n) is 6.92. The molecule has 3 N–H and O–H groups in total. The van der Waals surface area contributed by atoms with Gasteiger partial charge in [0.15, 0.2) is 0 Å². The smallest absolute Gasteiger partial charge is 0.258 e. The number of benzene rings is 2. The predicted octanol–water partition coefficient (Wildman–Crippen LogP) is 4.48. The molecule has 0 saturated heterocycles.